The molecule has 1 amide bonds. The van der Waals surface area contributed by atoms with Crippen LogP contribution >= 0.6 is 34.5 Å². The van der Waals surface area contributed by atoms with Gasteiger partial charge in [0, 0.05) is 28.3 Å². The normalized spacial score (nSPS) is 10.8. The lowest BCUT2D eigenvalue weighted by Gasteiger charge is -2.12. The fourth-order valence-electron chi connectivity index (χ4n) is 2.80. The third-order valence-corrected chi connectivity index (χ3v) is 5.72. The van der Waals surface area contributed by atoms with E-state index in [1.54, 1.807) is 6.07 Å². The Morgan fingerprint density at radius 1 is 1.07 bits per heavy atom. The van der Waals surface area contributed by atoms with Crippen molar-refractivity contribution in [3.8, 4) is 10.6 Å². The fraction of sp³-hybridized carbons (Fsp3) is 0. The second kappa shape index (κ2) is 7.79. The SMILES string of the molecule is O=C(Nc1c(Cl)cc(Cl)cc1-c1nc2ccccc2s1)c1cccc([N+](=O)[O-])c1. The highest BCUT2D eigenvalue weighted by molar-refractivity contribution is 7.21. The Bertz CT molecular complexity index is 1240. The van der Waals surface area contributed by atoms with E-state index >= 15 is 0 Å². The summed E-state index contributed by atoms with van der Waals surface area (Å²) in [6.07, 6.45) is 0. The number of fused-ring (bicyclic) bond motifs is 1. The minimum absolute atomic E-state index is 0.139. The van der Waals surface area contributed by atoms with Gasteiger partial charge in [-0.05, 0) is 30.3 Å². The number of para-hydroxylation sites is 1. The zero-order valence-electron chi connectivity index (χ0n) is 14.6. The molecule has 0 saturated carbocycles. The standard InChI is InChI=1S/C20H11Cl2N3O3S/c21-12-9-14(20-23-16-6-1-2-7-17(16)29-20)18(15(22)10-12)24-19(26)11-4-3-5-13(8-11)25(27)28/h1-10H,(H,24,26). The molecule has 9 heteroatoms. The van der Waals surface area contributed by atoms with Gasteiger partial charge in [-0.15, -0.1) is 11.3 Å². The molecule has 0 atom stereocenters. The highest BCUT2D eigenvalue weighted by atomic mass is 35.5. The second-order valence-corrected chi connectivity index (χ2v) is 7.93. The van der Waals surface area contributed by atoms with Crippen LogP contribution in [0.3, 0.4) is 0 Å². The van der Waals surface area contributed by atoms with E-state index in [0.717, 1.165) is 10.2 Å². The number of benzene rings is 3. The molecule has 0 saturated heterocycles. The van der Waals surface area contributed by atoms with Crippen LogP contribution in [-0.4, -0.2) is 15.8 Å². The lowest BCUT2D eigenvalue weighted by atomic mass is 10.1. The Kier molecular flexibility index (Phi) is 5.19. The van der Waals surface area contributed by atoms with Crippen LogP contribution in [0.5, 0.6) is 0 Å². The molecule has 0 bridgehead atoms. The van der Waals surface area contributed by atoms with Gasteiger partial charge in [0.05, 0.1) is 25.8 Å². The van der Waals surface area contributed by atoms with E-state index in [-0.39, 0.29) is 16.3 Å². The van der Waals surface area contributed by atoms with E-state index in [0.29, 0.717) is 21.3 Å². The predicted octanol–water partition coefficient (Wildman–Crippen LogP) is 6.43. The molecule has 0 aliphatic heterocycles. The van der Waals surface area contributed by atoms with Crippen LogP contribution in [0, 0.1) is 10.1 Å². The number of nitro groups is 1. The lowest BCUT2D eigenvalue weighted by molar-refractivity contribution is -0.384. The second-order valence-electron chi connectivity index (χ2n) is 6.06. The van der Waals surface area contributed by atoms with Gasteiger partial charge in [0.2, 0.25) is 0 Å². The van der Waals surface area contributed by atoms with Crippen LogP contribution in [0.1, 0.15) is 10.4 Å². The molecule has 0 unspecified atom stereocenters. The quantitative estimate of drug-likeness (QED) is 0.290. The van der Waals surface area contributed by atoms with Crippen LogP contribution in [0.25, 0.3) is 20.8 Å². The lowest BCUT2D eigenvalue weighted by Crippen LogP contribution is -2.13. The summed E-state index contributed by atoms with van der Waals surface area (Å²) < 4.78 is 0.981. The number of nitrogens with one attached hydrogen (secondary N) is 1. The first-order chi connectivity index (χ1) is 13.9. The molecule has 0 spiro atoms. The van der Waals surface area contributed by atoms with E-state index < -0.39 is 10.8 Å². The van der Waals surface area contributed by atoms with E-state index in [4.69, 9.17) is 23.2 Å². The molecule has 1 aromatic heterocycles. The molecule has 3 aromatic carbocycles. The zero-order chi connectivity index (χ0) is 20.5. The van der Waals surface area contributed by atoms with Gasteiger partial charge in [-0.3, -0.25) is 14.9 Å². The number of carbonyl (C=O) groups excluding carboxylic acids is 1. The topological polar surface area (TPSA) is 85.1 Å². The number of carbonyl (C=O) groups is 1. The van der Waals surface area contributed by atoms with Crippen molar-refractivity contribution in [3.05, 3.63) is 86.4 Å². The van der Waals surface area contributed by atoms with Crippen LogP contribution in [0.2, 0.25) is 10.0 Å². The monoisotopic (exact) mass is 443 g/mol. The summed E-state index contributed by atoms with van der Waals surface area (Å²) in [6, 6.07) is 16.3. The first-order valence-electron chi connectivity index (χ1n) is 8.33. The molecular formula is C20H11Cl2N3O3S. The van der Waals surface area contributed by atoms with Crippen molar-refractivity contribution in [2.45, 2.75) is 0 Å². The Morgan fingerprint density at radius 3 is 2.62 bits per heavy atom. The number of halogens is 2. The maximum Gasteiger partial charge on any atom is 0.270 e. The number of non-ortho nitro benzene ring substituents is 1. The van der Waals surface area contributed by atoms with Gasteiger partial charge in [-0.2, -0.15) is 0 Å². The molecule has 0 fully saturated rings. The smallest absolute Gasteiger partial charge is 0.270 e. The number of hydrogen-bond donors (Lipinski definition) is 1. The maximum atomic E-state index is 12.7. The molecule has 4 rings (SSSR count). The van der Waals surface area contributed by atoms with E-state index in [2.05, 4.69) is 10.3 Å². The summed E-state index contributed by atoms with van der Waals surface area (Å²) >= 11 is 14.0. The Hall–Kier alpha value is -3.00. The molecule has 0 aliphatic rings. The Balaban J connectivity index is 1.77. The van der Waals surface area contributed by atoms with Crippen molar-refractivity contribution < 1.29 is 9.72 Å². The van der Waals surface area contributed by atoms with E-state index in [1.807, 2.05) is 24.3 Å². The molecule has 144 valence electrons. The third kappa shape index (κ3) is 3.93. The van der Waals surface area contributed by atoms with Crippen LogP contribution in [-0.2, 0) is 0 Å². The summed E-state index contributed by atoms with van der Waals surface area (Å²) in [6.45, 7) is 0. The number of rotatable bonds is 4. The summed E-state index contributed by atoms with van der Waals surface area (Å²) in [5, 5.41) is 15.0. The minimum atomic E-state index is -0.557. The number of nitrogens with zero attached hydrogens (tertiary/aromatic N) is 2. The fourth-order valence-corrected chi connectivity index (χ4v) is 4.33. The molecule has 4 aromatic rings. The van der Waals surface area contributed by atoms with Crippen molar-refractivity contribution in [2.24, 2.45) is 0 Å². The minimum Gasteiger partial charge on any atom is -0.320 e. The highest BCUT2D eigenvalue weighted by Crippen LogP contribution is 2.40. The van der Waals surface area contributed by atoms with E-state index in [9.17, 15) is 14.9 Å². The molecule has 1 heterocycles. The number of hydrogen-bond acceptors (Lipinski definition) is 5. The zero-order valence-corrected chi connectivity index (χ0v) is 16.9. The van der Waals surface area contributed by atoms with Gasteiger partial charge in [-0.1, -0.05) is 41.4 Å². The molecule has 29 heavy (non-hydrogen) atoms. The molecule has 6 nitrogen and oxygen atoms in total. The number of nitro benzene ring substituents is 1. The van der Waals surface area contributed by atoms with Gasteiger partial charge >= 0.3 is 0 Å². The summed E-state index contributed by atoms with van der Waals surface area (Å²) in [7, 11) is 0. The van der Waals surface area contributed by atoms with Gasteiger partial charge in [0.15, 0.2) is 0 Å². The van der Waals surface area contributed by atoms with Crippen LogP contribution in [0.4, 0.5) is 11.4 Å². The molecule has 0 radical (unpaired) electrons. The van der Waals surface area contributed by atoms with Gasteiger partial charge in [-0.25, -0.2) is 4.98 Å². The average molecular weight is 444 g/mol. The average Bonchev–Trinajstić information content (AvgIpc) is 3.13. The van der Waals surface area contributed by atoms with Gasteiger partial charge < -0.3 is 5.32 Å². The van der Waals surface area contributed by atoms with Crippen molar-refractivity contribution in [3.63, 3.8) is 0 Å². The number of anilines is 1. The van der Waals surface area contributed by atoms with Crippen molar-refractivity contribution in [1.29, 1.82) is 0 Å². The van der Waals surface area contributed by atoms with Crippen LogP contribution < -0.4 is 5.32 Å². The molecule has 0 aliphatic carbocycles. The molecular weight excluding hydrogens is 433 g/mol. The summed E-state index contributed by atoms with van der Waals surface area (Å²) in [4.78, 5) is 27.8. The summed E-state index contributed by atoms with van der Waals surface area (Å²) in [5.74, 6) is -0.528. The predicted molar refractivity (Wildman–Crippen MR) is 116 cm³/mol. The number of thiazole rings is 1. The van der Waals surface area contributed by atoms with Crippen LogP contribution in [0.15, 0.2) is 60.7 Å². The van der Waals surface area contributed by atoms with Gasteiger partial charge in [0.1, 0.15) is 5.01 Å². The van der Waals surface area contributed by atoms with Gasteiger partial charge in [0.25, 0.3) is 11.6 Å². The van der Waals surface area contributed by atoms with Crippen molar-refractivity contribution >= 4 is 62.0 Å². The largest absolute Gasteiger partial charge is 0.320 e. The highest BCUT2D eigenvalue weighted by Gasteiger charge is 2.19. The van der Waals surface area contributed by atoms with Crippen molar-refractivity contribution in [2.75, 3.05) is 5.32 Å². The Labute approximate surface area is 178 Å². The molecule has 1 N–H and O–H groups in total. The number of amides is 1. The Morgan fingerprint density at radius 2 is 1.86 bits per heavy atom. The van der Waals surface area contributed by atoms with E-state index in [1.165, 1.54) is 41.7 Å². The first-order valence-corrected chi connectivity index (χ1v) is 9.90. The number of aromatic nitrogens is 1. The first kappa shape index (κ1) is 19.3. The maximum absolute atomic E-state index is 12.7. The third-order valence-electron chi connectivity index (χ3n) is 4.14. The van der Waals surface area contributed by atoms with Crippen molar-refractivity contribution in [1.82, 2.24) is 4.98 Å². The summed E-state index contributed by atoms with van der Waals surface area (Å²) in [5.41, 5.74) is 1.69.